The minimum absolute atomic E-state index is 0. The number of fused-ring (bicyclic) bond motifs is 6. The van der Waals surface area contributed by atoms with Crippen LogP contribution >= 0.6 is 0 Å². The van der Waals surface area contributed by atoms with Gasteiger partial charge in [-0.3, -0.25) is 0 Å². The zero-order valence-corrected chi connectivity index (χ0v) is 46.3. The quantitative estimate of drug-likeness (QED) is 0.149. The third-order valence-corrected chi connectivity index (χ3v) is 14.2. The maximum atomic E-state index is 6.75. The number of benzene rings is 7. The van der Waals surface area contributed by atoms with Gasteiger partial charge >= 0.3 is 0 Å². The fourth-order valence-electron chi connectivity index (χ4n) is 9.97. The van der Waals surface area contributed by atoms with Crippen LogP contribution < -0.4 is 14.5 Å². The van der Waals surface area contributed by atoms with Gasteiger partial charge in [-0.2, -0.15) is 12.1 Å². The van der Waals surface area contributed by atoms with Crippen molar-refractivity contribution in [3.63, 3.8) is 0 Å². The second kappa shape index (κ2) is 18.2. The maximum absolute atomic E-state index is 6.75. The Morgan fingerprint density at radius 2 is 1.07 bits per heavy atom. The van der Waals surface area contributed by atoms with E-state index in [0.29, 0.717) is 11.5 Å². The van der Waals surface area contributed by atoms with Crippen LogP contribution in [0, 0.1) is 18.8 Å². The Morgan fingerprint density at radius 3 is 1.67 bits per heavy atom. The van der Waals surface area contributed by atoms with Gasteiger partial charge in [0.15, 0.2) is 0 Å². The predicted molar refractivity (Wildman–Crippen MR) is 300 cm³/mol. The molecule has 7 heteroatoms. The average Bonchev–Trinajstić information content (AvgIpc) is 4.02. The third kappa shape index (κ3) is 9.18. The Labute approximate surface area is 445 Å². The minimum Gasteiger partial charge on any atom is -0.509 e. The molecule has 4 heterocycles. The topological polar surface area (TPSA) is 46.7 Å². The van der Waals surface area contributed by atoms with Crippen LogP contribution in [0.5, 0.6) is 11.5 Å². The third-order valence-electron chi connectivity index (χ3n) is 14.2. The molecule has 0 radical (unpaired) electrons. The van der Waals surface area contributed by atoms with Gasteiger partial charge in [-0.1, -0.05) is 167 Å². The Bertz CT molecular complexity index is 3610. The van der Waals surface area contributed by atoms with Crippen LogP contribution in [-0.4, -0.2) is 9.55 Å². The number of anilines is 4. The SMILES string of the molecule is CC(C)(C)c1ccc(-c2cc(C(C)(C)C)cc(-c3ccc(C(C)(C)C)cc3)c2N2[CH-]N(c3[c-]c(Oc4[c-]c5c(cc4)c4oc6ccccc6c4n5-c4cc(C(C)(C)C)ccn4)ccc3)c3ccccc32)cc1.[Pt]. The molecule has 0 unspecified atom stereocenters. The van der Waals surface area contributed by atoms with Gasteiger partial charge < -0.3 is 23.5 Å². The summed E-state index contributed by atoms with van der Waals surface area (Å²) < 4.78 is 15.5. The van der Waals surface area contributed by atoms with E-state index in [0.717, 1.165) is 61.5 Å². The molecule has 0 amide bonds. The van der Waals surface area contributed by atoms with E-state index in [1.54, 1.807) is 0 Å². The molecule has 0 aliphatic carbocycles. The number of hydrogen-bond acceptors (Lipinski definition) is 5. The molecule has 0 N–H and O–H groups in total. The zero-order chi connectivity index (χ0) is 50.5. The van der Waals surface area contributed by atoms with Crippen LogP contribution in [0.4, 0.5) is 22.7 Å². The predicted octanol–water partition coefficient (Wildman–Crippen LogP) is 18.2. The number of furan rings is 1. The molecule has 11 rings (SSSR count). The molecular weight excluding hydrogens is 1080 g/mol. The van der Waals surface area contributed by atoms with E-state index in [2.05, 4.69) is 232 Å². The molecule has 1 aliphatic rings. The summed E-state index contributed by atoms with van der Waals surface area (Å²) in [5, 5.41) is 1.95. The summed E-state index contributed by atoms with van der Waals surface area (Å²) in [5.74, 6) is 1.93. The summed E-state index contributed by atoms with van der Waals surface area (Å²) in [5.41, 5.74) is 17.1. The molecule has 7 aromatic carbocycles. The molecule has 0 saturated heterocycles. The van der Waals surface area contributed by atoms with Crippen molar-refractivity contribution >= 4 is 55.7 Å². The van der Waals surface area contributed by atoms with Gasteiger partial charge in [-0.25, -0.2) is 4.98 Å². The fraction of sp³-hybridized carbons (Fsp3) is 0.242. The van der Waals surface area contributed by atoms with Crippen LogP contribution in [-0.2, 0) is 42.7 Å². The van der Waals surface area contributed by atoms with Gasteiger partial charge in [0.05, 0.1) is 5.52 Å². The first-order valence-electron chi connectivity index (χ1n) is 25.2. The van der Waals surface area contributed by atoms with E-state index >= 15 is 0 Å². The largest absolute Gasteiger partial charge is 0.509 e. The molecule has 0 saturated carbocycles. The first-order chi connectivity index (χ1) is 34.2. The standard InChI is InChI=1S/C66H63N4O2.Pt/c1-63(2,3)44-28-24-42(25-29-44)53-36-47(66(10,11)12)37-54(43-26-30-45(31-27-43)64(4,5)6)60(53)69-41-68(55-21-14-15-22-56(55)69)48-18-17-19-49(39-48)71-50-32-33-51-57(40-50)70(59-38-46(34-35-67-59)65(7,8)9)61-52-20-13-16-23-58(52)72-62(51)61;/h13-38,41H,1-12H3;/q-3;. The van der Waals surface area contributed by atoms with E-state index in [-0.39, 0.29) is 42.7 Å². The van der Waals surface area contributed by atoms with Crippen LogP contribution in [0.2, 0.25) is 0 Å². The van der Waals surface area contributed by atoms with Gasteiger partial charge in [0.2, 0.25) is 0 Å². The number of pyridine rings is 1. The van der Waals surface area contributed by atoms with Crippen molar-refractivity contribution in [2.75, 3.05) is 9.80 Å². The summed E-state index contributed by atoms with van der Waals surface area (Å²) in [6.07, 6.45) is 1.89. The maximum Gasteiger partial charge on any atom is 0.136 e. The zero-order valence-electron chi connectivity index (χ0n) is 44.0. The smallest absolute Gasteiger partial charge is 0.136 e. The normalized spacial score (nSPS) is 13.3. The van der Waals surface area contributed by atoms with Crippen molar-refractivity contribution in [1.82, 2.24) is 9.55 Å². The number of para-hydroxylation sites is 3. The summed E-state index contributed by atoms with van der Waals surface area (Å²) in [7, 11) is 0. The number of nitrogens with zero attached hydrogens (tertiary/aromatic N) is 4. The van der Waals surface area contributed by atoms with Crippen LogP contribution in [0.15, 0.2) is 162 Å². The van der Waals surface area contributed by atoms with Crippen molar-refractivity contribution < 1.29 is 30.2 Å². The summed E-state index contributed by atoms with van der Waals surface area (Å²) in [6, 6.07) is 61.7. The second-order valence-corrected chi connectivity index (χ2v) is 23.5. The summed E-state index contributed by atoms with van der Waals surface area (Å²) in [6.45, 7) is 29.4. The van der Waals surface area contributed by atoms with Gasteiger partial charge in [0.1, 0.15) is 17.0 Å². The molecule has 0 spiro atoms. The average molecular weight is 1140 g/mol. The first kappa shape index (κ1) is 49.7. The number of hydrogen-bond donors (Lipinski definition) is 0. The Morgan fingerprint density at radius 1 is 0.507 bits per heavy atom. The molecule has 1 aliphatic heterocycles. The van der Waals surface area contributed by atoms with E-state index in [1.165, 1.54) is 44.5 Å². The van der Waals surface area contributed by atoms with Gasteiger partial charge in [-0.15, -0.1) is 42.7 Å². The van der Waals surface area contributed by atoms with Crippen LogP contribution in [0.25, 0.3) is 61.0 Å². The second-order valence-electron chi connectivity index (χ2n) is 23.5. The Balaban J connectivity index is 0.00000611. The van der Waals surface area contributed by atoms with E-state index in [1.807, 2.05) is 42.6 Å². The molecule has 372 valence electrons. The monoisotopic (exact) mass is 1140 g/mol. The molecule has 3 aromatic heterocycles. The van der Waals surface area contributed by atoms with Crippen LogP contribution in [0.3, 0.4) is 0 Å². The summed E-state index contributed by atoms with van der Waals surface area (Å²) in [4.78, 5) is 9.53. The van der Waals surface area contributed by atoms with E-state index in [9.17, 15) is 0 Å². The minimum atomic E-state index is -0.106. The van der Waals surface area contributed by atoms with Crippen molar-refractivity contribution in [2.24, 2.45) is 0 Å². The number of aromatic nitrogens is 2. The van der Waals surface area contributed by atoms with Gasteiger partial charge in [0, 0.05) is 72.3 Å². The van der Waals surface area contributed by atoms with Crippen molar-refractivity contribution in [3.05, 3.63) is 199 Å². The Hall–Kier alpha value is -6.88. The molecular formula is C66H63N4O2Pt-3. The van der Waals surface area contributed by atoms with Crippen molar-refractivity contribution in [2.45, 2.75) is 105 Å². The Kier molecular flexibility index (Phi) is 12.4. The summed E-state index contributed by atoms with van der Waals surface area (Å²) >= 11 is 0. The number of rotatable bonds is 7. The number of ether oxygens (including phenoxy) is 1. The van der Waals surface area contributed by atoms with Gasteiger partial charge in [0.25, 0.3) is 0 Å². The molecule has 0 fully saturated rings. The first-order valence-corrected chi connectivity index (χ1v) is 25.2. The molecule has 0 atom stereocenters. The van der Waals surface area contributed by atoms with E-state index < -0.39 is 0 Å². The molecule has 6 nitrogen and oxygen atoms in total. The fourth-order valence-corrected chi connectivity index (χ4v) is 9.97. The molecule has 10 aromatic rings. The van der Waals surface area contributed by atoms with Crippen molar-refractivity contribution in [3.8, 4) is 39.6 Å². The molecule has 73 heavy (non-hydrogen) atoms. The van der Waals surface area contributed by atoms with Gasteiger partial charge in [-0.05, 0) is 104 Å². The van der Waals surface area contributed by atoms with E-state index in [4.69, 9.17) is 14.1 Å². The van der Waals surface area contributed by atoms with Crippen LogP contribution in [0.1, 0.15) is 105 Å². The molecule has 0 bridgehead atoms. The van der Waals surface area contributed by atoms with Crippen molar-refractivity contribution in [1.29, 1.82) is 0 Å².